The predicted octanol–water partition coefficient (Wildman–Crippen LogP) is 2.79. The first-order valence-electron chi connectivity index (χ1n) is 5.19. The molecule has 0 bridgehead atoms. The summed E-state index contributed by atoms with van der Waals surface area (Å²) in [5, 5.41) is 13.6. The van der Waals surface area contributed by atoms with Crippen LogP contribution in [0.25, 0.3) is 0 Å². The molecule has 0 aliphatic carbocycles. The zero-order chi connectivity index (χ0) is 13.8. The highest BCUT2D eigenvalue weighted by Crippen LogP contribution is 2.30. The molecular weight excluding hydrogens is 272 g/mol. The fraction of sp³-hybridized carbons (Fsp3) is 0.0909. The summed E-state index contributed by atoms with van der Waals surface area (Å²) < 4.78 is 5.14. The first kappa shape index (κ1) is 13.0. The van der Waals surface area contributed by atoms with Crippen molar-refractivity contribution >= 4 is 28.8 Å². The molecule has 2 rings (SSSR count). The Bertz CT molecular complexity index is 621. The Morgan fingerprint density at radius 1 is 1.42 bits per heavy atom. The van der Waals surface area contributed by atoms with Crippen LogP contribution in [0.5, 0.6) is 5.75 Å². The zero-order valence-electron chi connectivity index (χ0n) is 9.83. The van der Waals surface area contributed by atoms with Gasteiger partial charge < -0.3 is 10.1 Å². The van der Waals surface area contributed by atoms with Gasteiger partial charge in [0.15, 0.2) is 0 Å². The quantitative estimate of drug-likeness (QED) is 0.526. The van der Waals surface area contributed by atoms with Crippen LogP contribution >= 0.6 is 11.6 Å². The van der Waals surface area contributed by atoms with E-state index in [0.29, 0.717) is 11.4 Å². The molecule has 0 radical (unpaired) electrons. The minimum atomic E-state index is -0.589. The molecule has 0 amide bonds. The van der Waals surface area contributed by atoms with E-state index in [0.717, 1.165) is 6.20 Å². The summed E-state index contributed by atoms with van der Waals surface area (Å²) in [5.74, 6) is 0.543. The number of nitrogens with zero attached hydrogens (tertiary/aromatic N) is 3. The largest absolute Gasteiger partial charge is 0.495 e. The van der Waals surface area contributed by atoms with Gasteiger partial charge >= 0.3 is 5.69 Å². The van der Waals surface area contributed by atoms with Gasteiger partial charge in [-0.2, -0.15) is 4.98 Å². The lowest BCUT2D eigenvalue weighted by Crippen LogP contribution is -2.02. The number of halogens is 1. The van der Waals surface area contributed by atoms with Crippen LogP contribution in [0.1, 0.15) is 0 Å². The van der Waals surface area contributed by atoms with E-state index in [1.165, 1.54) is 7.11 Å². The maximum Gasteiger partial charge on any atom is 0.329 e. The molecule has 1 N–H and O–H groups in total. The van der Waals surface area contributed by atoms with E-state index in [9.17, 15) is 10.1 Å². The van der Waals surface area contributed by atoms with Crippen LogP contribution in [0.4, 0.5) is 17.2 Å². The molecule has 98 valence electrons. The van der Waals surface area contributed by atoms with E-state index in [4.69, 9.17) is 16.3 Å². The van der Waals surface area contributed by atoms with Gasteiger partial charge in [0.2, 0.25) is 11.1 Å². The molecule has 0 aliphatic heterocycles. The van der Waals surface area contributed by atoms with Crippen LogP contribution in [0.3, 0.4) is 0 Å². The molecule has 0 unspecified atom stereocenters. The smallest absolute Gasteiger partial charge is 0.329 e. The van der Waals surface area contributed by atoms with Crippen molar-refractivity contribution in [1.29, 1.82) is 0 Å². The second kappa shape index (κ2) is 5.49. The van der Waals surface area contributed by atoms with Gasteiger partial charge in [-0.3, -0.25) is 10.1 Å². The van der Waals surface area contributed by atoms with E-state index >= 15 is 0 Å². The van der Waals surface area contributed by atoms with Crippen molar-refractivity contribution in [3.05, 3.63) is 45.9 Å². The Kier molecular flexibility index (Phi) is 3.76. The van der Waals surface area contributed by atoms with Crippen LogP contribution in [0.2, 0.25) is 5.28 Å². The van der Waals surface area contributed by atoms with Gasteiger partial charge in [-0.15, -0.1) is 0 Å². The Balaban J connectivity index is 2.42. The lowest BCUT2D eigenvalue weighted by Gasteiger charge is -2.10. The minimum absolute atomic E-state index is 0.00880. The Morgan fingerprint density at radius 3 is 2.84 bits per heavy atom. The predicted molar refractivity (Wildman–Crippen MR) is 70.0 cm³/mol. The summed E-state index contributed by atoms with van der Waals surface area (Å²) in [6.07, 6.45) is 1.05. The average molecular weight is 281 g/mol. The van der Waals surface area contributed by atoms with E-state index in [1.807, 2.05) is 0 Å². The van der Waals surface area contributed by atoms with Gasteiger partial charge in [-0.1, -0.05) is 12.1 Å². The highest BCUT2D eigenvalue weighted by molar-refractivity contribution is 6.28. The molecular formula is C11H9ClN4O3. The van der Waals surface area contributed by atoms with Crippen molar-refractivity contribution in [2.24, 2.45) is 0 Å². The number of aromatic nitrogens is 2. The highest BCUT2D eigenvalue weighted by Gasteiger charge is 2.18. The summed E-state index contributed by atoms with van der Waals surface area (Å²) >= 11 is 5.65. The summed E-state index contributed by atoms with van der Waals surface area (Å²) in [7, 11) is 1.50. The number of benzene rings is 1. The van der Waals surface area contributed by atoms with Crippen LogP contribution < -0.4 is 10.1 Å². The number of nitrogens with one attached hydrogen (secondary N) is 1. The maximum atomic E-state index is 10.9. The summed E-state index contributed by atoms with van der Waals surface area (Å²) in [6.45, 7) is 0. The Morgan fingerprint density at radius 2 is 2.16 bits per heavy atom. The Hall–Kier alpha value is -2.41. The van der Waals surface area contributed by atoms with E-state index in [1.54, 1.807) is 24.3 Å². The van der Waals surface area contributed by atoms with Crippen LogP contribution in [-0.4, -0.2) is 22.0 Å². The summed E-state index contributed by atoms with van der Waals surface area (Å²) in [4.78, 5) is 17.7. The lowest BCUT2D eigenvalue weighted by molar-refractivity contribution is -0.384. The number of hydrogen-bond acceptors (Lipinski definition) is 6. The fourth-order valence-electron chi connectivity index (χ4n) is 1.46. The van der Waals surface area contributed by atoms with Gasteiger partial charge in [-0.05, 0) is 23.7 Å². The molecule has 1 aromatic carbocycles. The number of para-hydroxylation sites is 2. The van der Waals surface area contributed by atoms with Gasteiger partial charge in [0.25, 0.3) is 0 Å². The number of rotatable bonds is 4. The molecule has 2 aromatic rings. The number of anilines is 2. The van der Waals surface area contributed by atoms with Gasteiger partial charge in [0.05, 0.1) is 17.7 Å². The van der Waals surface area contributed by atoms with Crippen LogP contribution in [0.15, 0.2) is 30.5 Å². The summed E-state index contributed by atoms with van der Waals surface area (Å²) in [6, 6.07) is 6.97. The minimum Gasteiger partial charge on any atom is -0.495 e. The molecule has 7 nitrogen and oxygen atoms in total. The van der Waals surface area contributed by atoms with Crippen molar-refractivity contribution < 1.29 is 9.66 Å². The number of methoxy groups -OCH3 is 1. The third-order valence-corrected chi connectivity index (χ3v) is 2.48. The number of hydrogen-bond donors (Lipinski definition) is 1. The fourth-order valence-corrected chi connectivity index (χ4v) is 1.59. The molecule has 8 heteroatoms. The van der Waals surface area contributed by atoms with Gasteiger partial charge in [-0.25, -0.2) is 4.98 Å². The van der Waals surface area contributed by atoms with Crippen molar-refractivity contribution in [2.45, 2.75) is 0 Å². The molecule has 0 atom stereocenters. The highest BCUT2D eigenvalue weighted by atomic mass is 35.5. The van der Waals surface area contributed by atoms with Crippen molar-refractivity contribution in [3.8, 4) is 5.75 Å². The van der Waals surface area contributed by atoms with E-state index < -0.39 is 4.92 Å². The van der Waals surface area contributed by atoms with Crippen molar-refractivity contribution in [1.82, 2.24) is 9.97 Å². The third-order valence-electron chi connectivity index (χ3n) is 2.30. The van der Waals surface area contributed by atoms with Gasteiger partial charge in [0, 0.05) is 0 Å². The SMILES string of the molecule is COc1ccccc1Nc1nc(Cl)ncc1[N+](=O)[O-]. The second-order valence-corrected chi connectivity index (χ2v) is 3.79. The number of nitro groups is 1. The molecule has 0 fully saturated rings. The zero-order valence-corrected chi connectivity index (χ0v) is 10.6. The molecule has 0 saturated heterocycles. The molecule has 19 heavy (non-hydrogen) atoms. The standard InChI is InChI=1S/C11H9ClN4O3/c1-19-9-5-3-2-4-7(9)14-10-8(16(17)18)6-13-11(12)15-10/h2-6H,1H3,(H,13,14,15). The second-order valence-electron chi connectivity index (χ2n) is 3.46. The Labute approximate surface area is 113 Å². The van der Waals surface area contributed by atoms with Crippen molar-refractivity contribution in [2.75, 3.05) is 12.4 Å². The summed E-state index contributed by atoms with van der Waals surface area (Å²) in [5.41, 5.74) is 0.276. The first-order valence-corrected chi connectivity index (χ1v) is 5.56. The molecule has 0 spiro atoms. The first-order chi connectivity index (χ1) is 9.11. The normalized spacial score (nSPS) is 10.0. The van der Waals surface area contributed by atoms with Crippen molar-refractivity contribution in [3.63, 3.8) is 0 Å². The molecule has 0 saturated carbocycles. The van der Waals surface area contributed by atoms with E-state index in [2.05, 4.69) is 15.3 Å². The monoisotopic (exact) mass is 280 g/mol. The topological polar surface area (TPSA) is 90.2 Å². The third kappa shape index (κ3) is 2.89. The average Bonchev–Trinajstić information content (AvgIpc) is 2.39. The lowest BCUT2D eigenvalue weighted by atomic mass is 10.3. The number of ether oxygens (including phenoxy) is 1. The van der Waals surface area contributed by atoms with E-state index in [-0.39, 0.29) is 16.8 Å². The maximum absolute atomic E-state index is 10.9. The molecule has 0 aliphatic rings. The van der Waals surface area contributed by atoms with Crippen LogP contribution in [0, 0.1) is 10.1 Å². The molecule has 1 aromatic heterocycles. The molecule has 1 heterocycles. The van der Waals surface area contributed by atoms with Gasteiger partial charge in [0.1, 0.15) is 11.9 Å². The van der Waals surface area contributed by atoms with Crippen LogP contribution in [-0.2, 0) is 0 Å².